The van der Waals surface area contributed by atoms with Crippen LogP contribution < -0.4 is 11.1 Å². The summed E-state index contributed by atoms with van der Waals surface area (Å²) >= 11 is 0. The van der Waals surface area contributed by atoms with Crippen LogP contribution in [0.25, 0.3) is 11.3 Å². The number of rotatable bonds is 6. The molecule has 1 atom stereocenters. The molecule has 4 rings (SSSR count). The third-order valence-corrected chi connectivity index (χ3v) is 6.56. The van der Waals surface area contributed by atoms with E-state index < -0.39 is 33.4 Å². The maximum atomic E-state index is 14.8. The average molecular weight is 473 g/mol. The van der Waals surface area contributed by atoms with Crippen molar-refractivity contribution in [2.45, 2.75) is 36.6 Å². The highest BCUT2D eigenvalue weighted by atomic mass is 32.2. The van der Waals surface area contributed by atoms with Crippen LogP contribution in [0.5, 0.6) is 0 Å². The molecular weight excluding hydrogens is 450 g/mol. The van der Waals surface area contributed by atoms with Crippen molar-refractivity contribution in [2.75, 3.05) is 12.0 Å². The van der Waals surface area contributed by atoms with Gasteiger partial charge in [0.05, 0.1) is 28.4 Å². The quantitative estimate of drug-likeness (QED) is 0.564. The molecule has 0 spiro atoms. The predicted molar refractivity (Wildman–Crippen MR) is 119 cm³/mol. The van der Waals surface area contributed by atoms with Gasteiger partial charge in [0.1, 0.15) is 23.1 Å². The standard InChI is InChI=1S/C23H22F2N4O3S/c1-12(15-7-16(24)10-17(8-15)33(2,31)32)28-23(30)18-6-5-14(9-19(18)25)21-22(26)27-11-20(29-21)13-3-4-13/h5-13H,3-4H2,1-2H3,(H2,26,27)(H,28,30). The van der Waals surface area contributed by atoms with E-state index in [0.717, 1.165) is 36.9 Å². The fourth-order valence-electron chi connectivity index (χ4n) is 3.45. The Labute approximate surface area is 190 Å². The zero-order chi connectivity index (χ0) is 23.9. The topological polar surface area (TPSA) is 115 Å². The van der Waals surface area contributed by atoms with Gasteiger partial charge >= 0.3 is 0 Å². The van der Waals surface area contributed by atoms with Crippen molar-refractivity contribution >= 4 is 21.6 Å². The van der Waals surface area contributed by atoms with E-state index in [1.54, 1.807) is 13.1 Å². The molecule has 3 aromatic rings. The Morgan fingerprint density at radius 2 is 1.91 bits per heavy atom. The highest BCUT2D eigenvalue weighted by molar-refractivity contribution is 7.90. The number of nitrogens with two attached hydrogens (primary N) is 1. The molecule has 33 heavy (non-hydrogen) atoms. The van der Waals surface area contributed by atoms with E-state index in [1.807, 2.05) is 0 Å². The summed E-state index contributed by atoms with van der Waals surface area (Å²) in [6.07, 6.45) is 4.64. The normalized spacial score (nSPS) is 14.7. The smallest absolute Gasteiger partial charge is 0.254 e. The highest BCUT2D eigenvalue weighted by Crippen LogP contribution is 2.40. The number of nitrogen functional groups attached to an aromatic ring is 1. The van der Waals surface area contributed by atoms with E-state index in [9.17, 15) is 22.0 Å². The minimum absolute atomic E-state index is 0.164. The zero-order valence-electron chi connectivity index (χ0n) is 18.0. The molecule has 1 amide bonds. The first-order chi connectivity index (χ1) is 15.5. The lowest BCUT2D eigenvalue weighted by molar-refractivity contribution is 0.0935. The lowest BCUT2D eigenvalue weighted by Crippen LogP contribution is -2.27. The number of benzene rings is 2. The average Bonchev–Trinajstić information content (AvgIpc) is 3.58. The molecule has 0 radical (unpaired) electrons. The van der Waals surface area contributed by atoms with Crippen LogP contribution in [-0.4, -0.2) is 30.5 Å². The monoisotopic (exact) mass is 472 g/mol. The Bertz CT molecular complexity index is 1360. The van der Waals surface area contributed by atoms with E-state index in [-0.39, 0.29) is 21.8 Å². The molecule has 3 N–H and O–H groups in total. The van der Waals surface area contributed by atoms with Gasteiger partial charge in [-0.3, -0.25) is 4.79 Å². The molecule has 1 fully saturated rings. The molecule has 1 saturated carbocycles. The summed E-state index contributed by atoms with van der Waals surface area (Å²) < 4.78 is 52.3. The molecule has 10 heteroatoms. The molecule has 1 aromatic heterocycles. The number of hydrogen-bond donors (Lipinski definition) is 2. The number of anilines is 1. The zero-order valence-corrected chi connectivity index (χ0v) is 18.8. The van der Waals surface area contributed by atoms with Gasteiger partial charge in [-0.1, -0.05) is 6.07 Å². The summed E-state index contributed by atoms with van der Waals surface area (Å²) in [6, 6.07) is 6.53. The van der Waals surface area contributed by atoms with Crippen LogP contribution in [0.15, 0.2) is 47.5 Å². The first-order valence-electron chi connectivity index (χ1n) is 10.3. The summed E-state index contributed by atoms with van der Waals surface area (Å²) in [5.41, 5.74) is 7.49. The lowest BCUT2D eigenvalue weighted by Gasteiger charge is -2.16. The number of nitrogens with one attached hydrogen (secondary N) is 1. The van der Waals surface area contributed by atoms with Crippen LogP contribution in [0.2, 0.25) is 0 Å². The molecule has 2 aromatic carbocycles. The van der Waals surface area contributed by atoms with Gasteiger partial charge in [0, 0.05) is 17.7 Å². The van der Waals surface area contributed by atoms with E-state index in [1.165, 1.54) is 24.3 Å². The van der Waals surface area contributed by atoms with Crippen molar-refractivity contribution < 1.29 is 22.0 Å². The van der Waals surface area contributed by atoms with Crippen molar-refractivity contribution in [1.82, 2.24) is 15.3 Å². The minimum atomic E-state index is -3.64. The summed E-state index contributed by atoms with van der Waals surface area (Å²) in [5.74, 6) is -1.76. The van der Waals surface area contributed by atoms with Gasteiger partial charge in [-0.05, 0) is 55.7 Å². The summed E-state index contributed by atoms with van der Waals surface area (Å²) in [4.78, 5) is 21.1. The molecule has 1 unspecified atom stereocenters. The molecular formula is C23H22F2N4O3S. The Balaban J connectivity index is 1.56. The van der Waals surface area contributed by atoms with Crippen molar-refractivity contribution in [3.63, 3.8) is 0 Å². The number of nitrogens with zero attached hydrogens (tertiary/aromatic N) is 2. The fraction of sp³-hybridized carbons (Fsp3) is 0.261. The van der Waals surface area contributed by atoms with Gasteiger partial charge < -0.3 is 11.1 Å². The van der Waals surface area contributed by atoms with Gasteiger partial charge in [-0.25, -0.2) is 27.2 Å². The number of carbonyl (C=O) groups is 1. The Morgan fingerprint density at radius 1 is 1.18 bits per heavy atom. The number of amides is 1. The van der Waals surface area contributed by atoms with Crippen molar-refractivity contribution in [3.8, 4) is 11.3 Å². The first kappa shape index (κ1) is 22.8. The maximum absolute atomic E-state index is 14.8. The third kappa shape index (κ3) is 5.00. The van der Waals surface area contributed by atoms with Crippen LogP contribution in [-0.2, 0) is 9.84 Å². The highest BCUT2D eigenvalue weighted by Gasteiger charge is 2.26. The Hall–Kier alpha value is -3.40. The van der Waals surface area contributed by atoms with Gasteiger partial charge in [0.2, 0.25) is 0 Å². The SMILES string of the molecule is CC(NC(=O)c1ccc(-c2nc(C3CC3)cnc2N)cc1F)c1cc(F)cc(S(C)(=O)=O)c1. The maximum Gasteiger partial charge on any atom is 0.254 e. The van der Waals surface area contributed by atoms with Crippen molar-refractivity contribution in [1.29, 1.82) is 0 Å². The second kappa shape index (κ2) is 8.51. The minimum Gasteiger partial charge on any atom is -0.382 e. The lowest BCUT2D eigenvalue weighted by atomic mass is 10.1. The molecule has 172 valence electrons. The van der Waals surface area contributed by atoms with E-state index in [2.05, 4.69) is 15.3 Å². The van der Waals surface area contributed by atoms with Crippen LogP contribution in [0.1, 0.15) is 53.3 Å². The largest absolute Gasteiger partial charge is 0.382 e. The van der Waals surface area contributed by atoms with Crippen LogP contribution in [0, 0.1) is 11.6 Å². The predicted octanol–water partition coefficient (Wildman–Crippen LogP) is 3.78. The van der Waals surface area contributed by atoms with Crippen LogP contribution in [0.4, 0.5) is 14.6 Å². The second-order valence-electron chi connectivity index (χ2n) is 8.19. The van der Waals surface area contributed by atoms with Gasteiger partial charge in [0.25, 0.3) is 5.91 Å². The number of carbonyl (C=O) groups excluding carboxylic acids is 1. The van der Waals surface area contributed by atoms with E-state index in [0.29, 0.717) is 17.2 Å². The molecule has 1 aliphatic rings. The van der Waals surface area contributed by atoms with Gasteiger partial charge in [-0.15, -0.1) is 0 Å². The molecule has 7 nitrogen and oxygen atoms in total. The van der Waals surface area contributed by atoms with Crippen LogP contribution >= 0.6 is 0 Å². The Morgan fingerprint density at radius 3 is 2.55 bits per heavy atom. The van der Waals surface area contributed by atoms with Crippen molar-refractivity contribution in [2.24, 2.45) is 0 Å². The summed E-state index contributed by atoms with van der Waals surface area (Å²) in [5, 5.41) is 2.57. The number of halogens is 2. The molecule has 0 saturated heterocycles. The number of hydrogen-bond acceptors (Lipinski definition) is 6. The summed E-state index contributed by atoms with van der Waals surface area (Å²) in [7, 11) is -3.64. The molecule has 1 aliphatic carbocycles. The van der Waals surface area contributed by atoms with E-state index in [4.69, 9.17) is 5.73 Å². The number of sulfone groups is 1. The van der Waals surface area contributed by atoms with Crippen LogP contribution in [0.3, 0.4) is 0 Å². The second-order valence-corrected chi connectivity index (χ2v) is 10.2. The van der Waals surface area contributed by atoms with E-state index >= 15 is 0 Å². The third-order valence-electron chi connectivity index (χ3n) is 5.47. The fourth-order valence-corrected chi connectivity index (χ4v) is 4.13. The number of aromatic nitrogens is 2. The molecule has 0 bridgehead atoms. The van der Waals surface area contributed by atoms with Gasteiger partial charge in [0.15, 0.2) is 9.84 Å². The summed E-state index contributed by atoms with van der Waals surface area (Å²) in [6.45, 7) is 1.55. The van der Waals surface area contributed by atoms with Gasteiger partial charge in [-0.2, -0.15) is 0 Å². The molecule has 1 heterocycles. The first-order valence-corrected chi connectivity index (χ1v) is 12.2. The van der Waals surface area contributed by atoms with Crippen molar-refractivity contribution in [3.05, 3.63) is 71.1 Å². The molecule has 0 aliphatic heterocycles. The Kier molecular flexibility index (Phi) is 5.87.